The smallest absolute Gasteiger partial charge is 0.230 e. The molecule has 4 rings (SSSR count). The van der Waals surface area contributed by atoms with Gasteiger partial charge in [-0.2, -0.15) is 5.26 Å². The number of aliphatic hydroxyl groups is 1. The molecule has 0 radical (unpaired) electrons. The molecule has 1 aliphatic rings. The second-order valence-corrected chi connectivity index (χ2v) is 12.0. The summed E-state index contributed by atoms with van der Waals surface area (Å²) in [5.41, 5.74) is 3.26. The Morgan fingerprint density at radius 1 is 1.05 bits per heavy atom. The van der Waals surface area contributed by atoms with Crippen LogP contribution in [-0.2, 0) is 22.2 Å². The Hall–Kier alpha value is -4.06. The Morgan fingerprint density at radius 2 is 1.76 bits per heavy atom. The molecule has 0 saturated heterocycles. The predicted molar refractivity (Wildman–Crippen MR) is 160 cm³/mol. The zero-order chi connectivity index (χ0) is 30.3. The normalized spacial score (nSPS) is 18.4. The summed E-state index contributed by atoms with van der Waals surface area (Å²) >= 11 is 0. The van der Waals surface area contributed by atoms with E-state index < -0.39 is 35.1 Å². The highest BCUT2D eigenvalue weighted by Crippen LogP contribution is 2.38. The zero-order valence-electron chi connectivity index (χ0n) is 24.3. The number of para-hydroxylation sites is 1. The third-order valence-electron chi connectivity index (χ3n) is 7.89. The first-order valence-corrected chi connectivity index (χ1v) is 14.2. The van der Waals surface area contributed by atoms with Gasteiger partial charge in [0, 0.05) is 29.5 Å². The van der Waals surface area contributed by atoms with Crippen LogP contribution in [0.5, 0.6) is 0 Å². The number of aliphatic hydroxyl groups excluding tert-OH is 1. The molecule has 0 spiro atoms. The van der Waals surface area contributed by atoms with Gasteiger partial charge in [-0.1, -0.05) is 69.3 Å². The van der Waals surface area contributed by atoms with Gasteiger partial charge in [0.2, 0.25) is 5.91 Å². The predicted octanol–water partition coefficient (Wildman–Crippen LogP) is 6.04. The Balaban J connectivity index is 1.62. The van der Waals surface area contributed by atoms with Crippen molar-refractivity contribution in [3.63, 3.8) is 0 Å². The van der Waals surface area contributed by atoms with Crippen LogP contribution in [0.4, 0.5) is 14.5 Å². The molecule has 8 heteroatoms. The number of carbonyl (C=O) groups excluding carboxylic acids is 1. The first-order chi connectivity index (χ1) is 20.0. The summed E-state index contributed by atoms with van der Waals surface area (Å²) in [6.45, 7) is 6.50. The molecule has 0 bridgehead atoms. The molecule has 4 N–H and O–H groups in total. The second kappa shape index (κ2) is 13.3. The minimum atomic E-state index is -1.18. The average Bonchev–Trinajstić information content (AvgIpc) is 2.95. The Morgan fingerprint density at radius 3 is 2.38 bits per heavy atom. The van der Waals surface area contributed by atoms with Gasteiger partial charge in [-0.25, -0.2) is 8.78 Å². The van der Waals surface area contributed by atoms with Gasteiger partial charge >= 0.3 is 0 Å². The van der Waals surface area contributed by atoms with Crippen LogP contribution in [0, 0.1) is 29.0 Å². The molecule has 3 atom stereocenters. The summed E-state index contributed by atoms with van der Waals surface area (Å²) < 4.78 is 28.0. The lowest BCUT2D eigenvalue weighted by atomic mass is 9.76. The second-order valence-electron chi connectivity index (χ2n) is 12.0. The Bertz CT molecular complexity index is 1440. The number of nitriles is 1. The number of nitrogens with one attached hydrogen (secondary N) is 3. The van der Waals surface area contributed by atoms with E-state index in [-0.39, 0.29) is 23.9 Å². The lowest BCUT2D eigenvalue weighted by molar-refractivity contribution is -0.123. The standard InChI is InChI=1S/C34H38F2N4O2/c1-33(2,3)24-8-7-9-25(19-24)34(14-12-28(13-15-34)38-22-37)39-21-31(41)30(18-23-16-26(35)20-27(36)17-23)32(42)40-29-10-5-4-6-11-29/h4-12,16-17,19-20,30-31,38-39,41H,13-15,18,21H2,1-3H3,(H,40,42). The van der Waals surface area contributed by atoms with Crippen LogP contribution in [0.3, 0.4) is 0 Å². The van der Waals surface area contributed by atoms with Gasteiger partial charge in [0.15, 0.2) is 6.19 Å². The van der Waals surface area contributed by atoms with Gasteiger partial charge in [0.05, 0.1) is 12.0 Å². The number of nitrogens with zero attached hydrogens (tertiary/aromatic N) is 1. The van der Waals surface area contributed by atoms with Crippen molar-refractivity contribution < 1.29 is 18.7 Å². The summed E-state index contributed by atoms with van der Waals surface area (Å²) in [5, 5.41) is 29.7. The molecule has 0 aromatic heterocycles. The number of halogens is 2. The number of benzene rings is 3. The largest absolute Gasteiger partial charge is 0.391 e. The fraction of sp³-hybridized carbons (Fsp3) is 0.353. The Labute approximate surface area is 246 Å². The van der Waals surface area contributed by atoms with Gasteiger partial charge in [0.1, 0.15) is 11.6 Å². The average molecular weight is 573 g/mol. The number of rotatable bonds is 10. The van der Waals surface area contributed by atoms with Crippen molar-refractivity contribution in [3.8, 4) is 6.19 Å². The molecule has 6 nitrogen and oxygen atoms in total. The van der Waals surface area contributed by atoms with Gasteiger partial charge in [-0.3, -0.25) is 10.1 Å². The van der Waals surface area contributed by atoms with Crippen LogP contribution < -0.4 is 16.0 Å². The lowest BCUT2D eigenvalue weighted by Gasteiger charge is -2.40. The highest BCUT2D eigenvalue weighted by molar-refractivity contribution is 5.93. The molecular weight excluding hydrogens is 534 g/mol. The summed E-state index contributed by atoms with van der Waals surface area (Å²) in [7, 11) is 0. The minimum Gasteiger partial charge on any atom is -0.391 e. The maximum atomic E-state index is 14.0. The summed E-state index contributed by atoms with van der Waals surface area (Å²) in [6.07, 6.45) is 4.59. The van der Waals surface area contributed by atoms with E-state index in [1.807, 2.05) is 24.4 Å². The molecule has 3 aromatic carbocycles. The van der Waals surface area contributed by atoms with E-state index in [0.717, 1.165) is 17.3 Å². The van der Waals surface area contributed by atoms with Crippen LogP contribution >= 0.6 is 0 Å². The molecule has 3 unspecified atom stereocenters. The summed E-state index contributed by atoms with van der Waals surface area (Å²) in [4.78, 5) is 13.5. The van der Waals surface area contributed by atoms with Crippen molar-refractivity contribution in [2.24, 2.45) is 5.92 Å². The maximum absolute atomic E-state index is 14.0. The van der Waals surface area contributed by atoms with Crippen LogP contribution in [-0.4, -0.2) is 23.7 Å². The van der Waals surface area contributed by atoms with Crippen LogP contribution in [0.25, 0.3) is 0 Å². The van der Waals surface area contributed by atoms with E-state index in [2.05, 4.69) is 54.9 Å². The minimum absolute atomic E-state index is 0.0548. The van der Waals surface area contributed by atoms with Crippen LogP contribution in [0.1, 0.15) is 56.7 Å². The summed E-state index contributed by atoms with van der Waals surface area (Å²) in [5.74, 6) is -2.93. The molecule has 0 heterocycles. The number of carbonyl (C=O) groups is 1. The van der Waals surface area contributed by atoms with E-state index in [9.17, 15) is 18.7 Å². The first-order valence-electron chi connectivity index (χ1n) is 14.2. The molecular formula is C34H38F2N4O2. The number of hydrogen-bond donors (Lipinski definition) is 4. The van der Waals surface area contributed by atoms with E-state index in [1.54, 1.807) is 24.3 Å². The molecule has 1 amide bonds. The topological polar surface area (TPSA) is 97.2 Å². The highest BCUT2D eigenvalue weighted by Gasteiger charge is 2.36. The third kappa shape index (κ3) is 7.81. The molecule has 0 saturated carbocycles. The zero-order valence-corrected chi connectivity index (χ0v) is 24.3. The molecule has 0 fully saturated rings. The van der Waals surface area contributed by atoms with Gasteiger partial charge in [0.25, 0.3) is 0 Å². The quantitative estimate of drug-likeness (QED) is 0.175. The van der Waals surface area contributed by atoms with Crippen molar-refractivity contribution in [1.29, 1.82) is 5.26 Å². The third-order valence-corrected chi connectivity index (χ3v) is 7.89. The van der Waals surface area contributed by atoms with E-state index >= 15 is 0 Å². The fourth-order valence-electron chi connectivity index (χ4n) is 5.43. The number of amides is 1. The summed E-state index contributed by atoms with van der Waals surface area (Å²) in [6, 6.07) is 20.4. The number of allylic oxidation sites excluding steroid dienone is 1. The van der Waals surface area contributed by atoms with Crippen LogP contribution in [0.15, 0.2) is 84.6 Å². The van der Waals surface area contributed by atoms with E-state index in [1.165, 1.54) is 17.7 Å². The van der Waals surface area contributed by atoms with Gasteiger partial charge in [-0.15, -0.1) is 0 Å². The molecule has 1 aliphatic carbocycles. The SMILES string of the molecule is CC(C)(C)c1cccc(C2(NCC(O)C(Cc3cc(F)cc(F)c3)C(=O)Nc3ccccc3)CC=C(NC#N)CC2)c1. The number of anilines is 1. The van der Waals surface area contributed by atoms with Crippen molar-refractivity contribution >= 4 is 11.6 Å². The molecule has 3 aromatic rings. The molecule has 0 aliphatic heterocycles. The molecule has 220 valence electrons. The monoisotopic (exact) mass is 572 g/mol. The lowest BCUT2D eigenvalue weighted by Crippen LogP contribution is -2.50. The first kappa shape index (κ1) is 30.9. The Kier molecular flexibility index (Phi) is 9.77. The van der Waals surface area contributed by atoms with E-state index in [4.69, 9.17) is 5.26 Å². The van der Waals surface area contributed by atoms with Crippen molar-refractivity contribution in [3.05, 3.63) is 113 Å². The van der Waals surface area contributed by atoms with Gasteiger partial charge in [-0.05, 0) is 72.1 Å². The van der Waals surface area contributed by atoms with Crippen molar-refractivity contribution in [2.75, 3.05) is 11.9 Å². The van der Waals surface area contributed by atoms with Crippen LogP contribution in [0.2, 0.25) is 0 Å². The van der Waals surface area contributed by atoms with E-state index in [0.29, 0.717) is 24.9 Å². The van der Waals surface area contributed by atoms with Crippen molar-refractivity contribution in [1.82, 2.24) is 10.6 Å². The van der Waals surface area contributed by atoms with Gasteiger partial charge < -0.3 is 15.7 Å². The highest BCUT2D eigenvalue weighted by atomic mass is 19.1. The van der Waals surface area contributed by atoms with Crippen molar-refractivity contribution in [2.45, 2.75) is 63.5 Å². The maximum Gasteiger partial charge on any atom is 0.230 e. The number of hydrogen-bond acceptors (Lipinski definition) is 5. The molecule has 42 heavy (non-hydrogen) atoms. The fourth-order valence-corrected chi connectivity index (χ4v) is 5.43.